The second kappa shape index (κ2) is 12.3. The molecule has 7 nitrogen and oxygen atoms in total. The molecule has 2 amide bonds. The van der Waals surface area contributed by atoms with Gasteiger partial charge in [0.25, 0.3) is 0 Å². The summed E-state index contributed by atoms with van der Waals surface area (Å²) in [6.45, 7) is 2.00. The van der Waals surface area contributed by atoms with Crippen LogP contribution in [0.5, 0.6) is 0 Å². The van der Waals surface area contributed by atoms with Crippen molar-refractivity contribution in [1.29, 1.82) is 0 Å². The molecule has 2 N–H and O–H groups in total. The van der Waals surface area contributed by atoms with Gasteiger partial charge in [0, 0.05) is 6.42 Å². The van der Waals surface area contributed by atoms with Crippen LogP contribution < -0.4 is 10.6 Å². The van der Waals surface area contributed by atoms with Gasteiger partial charge < -0.3 is 20.1 Å². The Balaban J connectivity index is 1.97. The van der Waals surface area contributed by atoms with Gasteiger partial charge in [-0.25, -0.2) is 9.59 Å². The first-order chi connectivity index (χ1) is 14.5. The van der Waals surface area contributed by atoms with Crippen molar-refractivity contribution < 1.29 is 23.9 Å². The molecule has 2 rings (SSSR count). The van der Waals surface area contributed by atoms with Gasteiger partial charge in [-0.05, 0) is 17.5 Å². The lowest BCUT2D eigenvalue weighted by molar-refractivity contribution is -0.145. The summed E-state index contributed by atoms with van der Waals surface area (Å²) < 4.78 is 10.0. The number of carbonyl (C=O) groups is 3. The number of esters is 1. The van der Waals surface area contributed by atoms with Crippen molar-refractivity contribution in [2.24, 2.45) is 0 Å². The van der Waals surface area contributed by atoms with Gasteiger partial charge in [-0.15, -0.1) is 0 Å². The third-order valence-corrected chi connectivity index (χ3v) is 4.48. The molecule has 0 unspecified atom stereocenters. The molecule has 0 aliphatic carbocycles. The van der Waals surface area contributed by atoms with E-state index in [1.807, 2.05) is 67.6 Å². The molecule has 7 heteroatoms. The summed E-state index contributed by atoms with van der Waals surface area (Å²) in [5.74, 6) is -1.01. The average molecular weight is 412 g/mol. The lowest BCUT2D eigenvalue weighted by atomic mass is 10.0. The van der Waals surface area contributed by atoms with E-state index in [0.717, 1.165) is 11.1 Å². The third-order valence-electron chi connectivity index (χ3n) is 4.48. The molecule has 0 aliphatic rings. The van der Waals surface area contributed by atoms with Crippen molar-refractivity contribution >= 4 is 18.0 Å². The SMILES string of the molecule is CCC[C@@H](NC(=O)OCc1ccccc1)C(=O)N[C@H](Cc1ccccc1)C(=O)OC. The average Bonchev–Trinajstić information content (AvgIpc) is 2.77. The van der Waals surface area contributed by atoms with Crippen molar-refractivity contribution in [2.75, 3.05) is 7.11 Å². The molecule has 0 saturated carbocycles. The Hall–Kier alpha value is -3.35. The number of rotatable bonds is 10. The van der Waals surface area contributed by atoms with Gasteiger partial charge in [0.15, 0.2) is 0 Å². The minimum absolute atomic E-state index is 0.103. The lowest BCUT2D eigenvalue weighted by Gasteiger charge is -2.22. The van der Waals surface area contributed by atoms with Crippen LogP contribution in [0.3, 0.4) is 0 Å². The molecule has 2 aromatic rings. The quantitative estimate of drug-likeness (QED) is 0.585. The fourth-order valence-electron chi connectivity index (χ4n) is 2.92. The van der Waals surface area contributed by atoms with Crippen LogP contribution >= 0.6 is 0 Å². The fourth-order valence-corrected chi connectivity index (χ4v) is 2.92. The lowest BCUT2D eigenvalue weighted by Crippen LogP contribution is -2.52. The van der Waals surface area contributed by atoms with E-state index >= 15 is 0 Å². The Morgan fingerprint density at radius 3 is 2.03 bits per heavy atom. The molecule has 30 heavy (non-hydrogen) atoms. The van der Waals surface area contributed by atoms with Crippen molar-refractivity contribution in [1.82, 2.24) is 10.6 Å². The Labute approximate surface area is 176 Å². The number of amides is 2. The van der Waals surface area contributed by atoms with E-state index in [1.54, 1.807) is 0 Å². The smallest absolute Gasteiger partial charge is 0.408 e. The van der Waals surface area contributed by atoms with Crippen molar-refractivity contribution in [2.45, 2.75) is 44.9 Å². The van der Waals surface area contributed by atoms with Crippen LogP contribution in [-0.2, 0) is 32.1 Å². The fraction of sp³-hybridized carbons (Fsp3) is 0.348. The van der Waals surface area contributed by atoms with Crippen LogP contribution in [0.4, 0.5) is 4.79 Å². The molecule has 2 aromatic carbocycles. The van der Waals surface area contributed by atoms with Gasteiger partial charge in [0.2, 0.25) is 5.91 Å². The summed E-state index contributed by atoms with van der Waals surface area (Å²) in [6, 6.07) is 16.9. The number of carbonyl (C=O) groups excluding carboxylic acids is 3. The van der Waals surface area contributed by atoms with Crippen LogP contribution in [-0.4, -0.2) is 37.2 Å². The molecule has 0 spiro atoms. The third kappa shape index (κ3) is 7.58. The van der Waals surface area contributed by atoms with E-state index in [9.17, 15) is 14.4 Å². The molecule has 0 saturated heterocycles. The topological polar surface area (TPSA) is 93.7 Å². The van der Waals surface area contributed by atoms with Gasteiger partial charge in [-0.3, -0.25) is 4.79 Å². The molecule has 160 valence electrons. The van der Waals surface area contributed by atoms with E-state index in [1.165, 1.54) is 7.11 Å². The summed E-state index contributed by atoms with van der Waals surface area (Å²) in [4.78, 5) is 37.1. The largest absolute Gasteiger partial charge is 0.467 e. The van der Waals surface area contributed by atoms with Gasteiger partial charge in [0.1, 0.15) is 18.7 Å². The Kier molecular flexibility index (Phi) is 9.37. The first-order valence-corrected chi connectivity index (χ1v) is 9.92. The predicted molar refractivity (Wildman–Crippen MR) is 113 cm³/mol. The highest BCUT2D eigenvalue weighted by atomic mass is 16.5. The van der Waals surface area contributed by atoms with Crippen LogP contribution in [0.2, 0.25) is 0 Å². The van der Waals surface area contributed by atoms with Crippen LogP contribution in [0.15, 0.2) is 60.7 Å². The van der Waals surface area contributed by atoms with Gasteiger partial charge in [-0.1, -0.05) is 74.0 Å². The van der Waals surface area contributed by atoms with E-state index in [2.05, 4.69) is 10.6 Å². The molecular formula is C23H28N2O5. The number of methoxy groups -OCH3 is 1. The van der Waals surface area contributed by atoms with Crippen molar-refractivity contribution in [3.8, 4) is 0 Å². The zero-order valence-corrected chi connectivity index (χ0v) is 17.3. The minimum Gasteiger partial charge on any atom is -0.467 e. The molecule has 0 radical (unpaired) electrons. The Morgan fingerprint density at radius 1 is 0.867 bits per heavy atom. The maximum atomic E-state index is 12.8. The first-order valence-electron chi connectivity index (χ1n) is 9.92. The maximum Gasteiger partial charge on any atom is 0.408 e. The molecule has 0 aliphatic heterocycles. The minimum atomic E-state index is -0.855. The Bertz CT molecular complexity index is 811. The summed E-state index contributed by atoms with van der Waals surface area (Å²) >= 11 is 0. The second-order valence-electron chi connectivity index (χ2n) is 6.82. The zero-order chi connectivity index (χ0) is 21.8. The first kappa shape index (κ1) is 22.9. The molecule has 0 aromatic heterocycles. The summed E-state index contributed by atoms with van der Waals surface area (Å²) in [7, 11) is 1.27. The number of hydrogen-bond donors (Lipinski definition) is 2. The maximum absolute atomic E-state index is 12.8. The molecular weight excluding hydrogens is 384 g/mol. The number of benzene rings is 2. The summed E-state index contributed by atoms with van der Waals surface area (Å²) in [5, 5.41) is 5.29. The Morgan fingerprint density at radius 2 is 1.47 bits per heavy atom. The summed E-state index contributed by atoms with van der Waals surface area (Å²) in [5.41, 5.74) is 1.73. The highest BCUT2D eigenvalue weighted by Crippen LogP contribution is 2.07. The van der Waals surface area contributed by atoms with E-state index < -0.39 is 30.1 Å². The van der Waals surface area contributed by atoms with Crippen molar-refractivity contribution in [3.63, 3.8) is 0 Å². The van der Waals surface area contributed by atoms with Crippen molar-refractivity contribution in [3.05, 3.63) is 71.8 Å². The molecule has 2 atom stereocenters. The highest BCUT2D eigenvalue weighted by Gasteiger charge is 2.27. The molecule has 0 bridgehead atoms. The van der Waals surface area contributed by atoms with E-state index in [0.29, 0.717) is 12.8 Å². The second-order valence-corrected chi connectivity index (χ2v) is 6.82. The van der Waals surface area contributed by atoms with Gasteiger partial charge in [0.05, 0.1) is 7.11 Å². The summed E-state index contributed by atoms with van der Waals surface area (Å²) in [6.07, 6.45) is 0.672. The number of nitrogens with one attached hydrogen (secondary N) is 2. The van der Waals surface area contributed by atoms with Crippen LogP contribution in [0.25, 0.3) is 0 Å². The molecule has 0 fully saturated rings. The van der Waals surface area contributed by atoms with E-state index in [-0.39, 0.29) is 13.0 Å². The van der Waals surface area contributed by atoms with Gasteiger partial charge in [-0.2, -0.15) is 0 Å². The van der Waals surface area contributed by atoms with Crippen LogP contribution in [0, 0.1) is 0 Å². The number of ether oxygens (including phenoxy) is 2. The number of hydrogen-bond acceptors (Lipinski definition) is 5. The zero-order valence-electron chi connectivity index (χ0n) is 17.3. The normalized spacial score (nSPS) is 12.3. The highest BCUT2D eigenvalue weighted by molar-refractivity contribution is 5.89. The number of alkyl carbamates (subject to hydrolysis) is 1. The molecule has 0 heterocycles. The monoisotopic (exact) mass is 412 g/mol. The van der Waals surface area contributed by atoms with E-state index in [4.69, 9.17) is 9.47 Å². The van der Waals surface area contributed by atoms with Gasteiger partial charge >= 0.3 is 12.1 Å². The van der Waals surface area contributed by atoms with Crippen LogP contribution in [0.1, 0.15) is 30.9 Å². The standard InChI is InChI=1S/C23H28N2O5/c1-3-10-19(25-23(28)30-16-18-13-8-5-9-14-18)21(26)24-20(22(27)29-2)15-17-11-6-4-7-12-17/h4-9,11-14,19-20H,3,10,15-16H2,1-2H3,(H,24,26)(H,25,28)/t19-,20-/m1/s1. The predicted octanol–water partition coefficient (Wildman–Crippen LogP) is 2.98.